The van der Waals surface area contributed by atoms with Gasteiger partial charge in [0.15, 0.2) is 19.7 Å². The van der Waals surface area contributed by atoms with Crippen molar-refractivity contribution in [1.29, 1.82) is 0 Å². The summed E-state index contributed by atoms with van der Waals surface area (Å²) in [6.45, 7) is 8.43. The lowest BCUT2D eigenvalue weighted by Crippen LogP contribution is -2.61. The molecule has 2 amide bonds. The molecule has 11 nitrogen and oxygen atoms in total. The predicted octanol–water partition coefficient (Wildman–Crippen LogP) is 1.13. The zero-order valence-corrected chi connectivity index (χ0v) is 22.2. The number of morpholine rings is 1. The SMILES string of the molecule is C[C@@H](O)[C@H]1C(=O)N2C(C(=O)OCOC(O)C(C)(C)C)=C(c3ccc(OCC(=O)N4CCOCC4)cc3)C[C@H]12. The van der Waals surface area contributed by atoms with E-state index in [0.29, 0.717) is 49.6 Å². The fourth-order valence-corrected chi connectivity index (χ4v) is 4.79. The number of fused-ring (bicyclic) bond motifs is 1. The van der Waals surface area contributed by atoms with Gasteiger partial charge in [0, 0.05) is 18.5 Å². The molecule has 4 atom stereocenters. The van der Waals surface area contributed by atoms with E-state index >= 15 is 0 Å². The number of benzene rings is 1. The fraction of sp³-hybridized carbons (Fsp3) is 0.593. The molecule has 1 aromatic carbocycles. The van der Waals surface area contributed by atoms with Gasteiger partial charge in [-0.1, -0.05) is 32.9 Å². The van der Waals surface area contributed by atoms with Gasteiger partial charge in [-0.15, -0.1) is 0 Å². The van der Waals surface area contributed by atoms with E-state index in [2.05, 4.69) is 0 Å². The van der Waals surface area contributed by atoms with Gasteiger partial charge in [-0.05, 0) is 36.6 Å². The van der Waals surface area contributed by atoms with E-state index in [4.69, 9.17) is 18.9 Å². The summed E-state index contributed by atoms with van der Waals surface area (Å²) in [6, 6.07) is 6.55. The van der Waals surface area contributed by atoms with Crippen LogP contribution in [-0.2, 0) is 28.6 Å². The first-order valence-corrected chi connectivity index (χ1v) is 12.8. The molecule has 0 bridgehead atoms. The van der Waals surface area contributed by atoms with E-state index in [1.807, 2.05) is 0 Å². The lowest BCUT2D eigenvalue weighted by molar-refractivity contribution is -0.210. The maximum absolute atomic E-state index is 13.1. The molecule has 1 unspecified atom stereocenters. The molecular formula is C27H36N2O9. The van der Waals surface area contributed by atoms with Crippen molar-refractivity contribution in [3.05, 3.63) is 35.5 Å². The van der Waals surface area contributed by atoms with Crippen molar-refractivity contribution in [1.82, 2.24) is 9.80 Å². The Morgan fingerprint density at radius 1 is 1.13 bits per heavy atom. The van der Waals surface area contributed by atoms with Crippen LogP contribution >= 0.6 is 0 Å². The molecule has 2 N–H and O–H groups in total. The number of aliphatic hydroxyl groups excluding tert-OH is 2. The van der Waals surface area contributed by atoms with Crippen LogP contribution in [0.5, 0.6) is 5.75 Å². The summed E-state index contributed by atoms with van der Waals surface area (Å²) in [6.07, 6.45) is -1.63. The Hall–Kier alpha value is -2.99. The third-order valence-corrected chi connectivity index (χ3v) is 7.01. The standard InChI is InChI=1S/C27H36N2O9/c1-16(30)22-20-13-19(23(29(20)24(22)32)25(33)37-15-38-26(34)27(2,3)4)17-5-7-18(8-6-17)36-14-21(31)28-9-11-35-12-10-28/h5-8,16,20,22,26,30,34H,9-15H2,1-4H3/t16-,20-,22-,26?/m1/s1. The van der Waals surface area contributed by atoms with Crippen LogP contribution in [0.15, 0.2) is 30.0 Å². The minimum Gasteiger partial charge on any atom is -0.484 e. The molecule has 2 saturated heterocycles. The number of carbonyl (C=O) groups is 3. The minimum atomic E-state index is -1.15. The first-order valence-electron chi connectivity index (χ1n) is 12.8. The topological polar surface area (TPSA) is 135 Å². The lowest BCUT2D eigenvalue weighted by Gasteiger charge is -2.44. The Balaban J connectivity index is 1.47. The molecule has 1 aromatic rings. The average molecular weight is 533 g/mol. The van der Waals surface area contributed by atoms with Gasteiger partial charge in [0.05, 0.1) is 31.3 Å². The lowest BCUT2D eigenvalue weighted by atomic mass is 9.82. The van der Waals surface area contributed by atoms with Crippen molar-refractivity contribution in [2.45, 2.75) is 52.6 Å². The number of hydrogen-bond donors (Lipinski definition) is 2. The van der Waals surface area contributed by atoms with Crippen molar-refractivity contribution in [3.63, 3.8) is 0 Å². The second-order valence-electron chi connectivity index (χ2n) is 10.8. The highest BCUT2D eigenvalue weighted by Gasteiger charge is 2.57. The zero-order chi connectivity index (χ0) is 27.6. The van der Waals surface area contributed by atoms with Crippen LogP contribution in [-0.4, -0.2) is 95.9 Å². The zero-order valence-electron chi connectivity index (χ0n) is 22.2. The number of ether oxygens (including phenoxy) is 4. The van der Waals surface area contributed by atoms with Crippen LogP contribution < -0.4 is 4.74 Å². The van der Waals surface area contributed by atoms with Gasteiger partial charge in [-0.2, -0.15) is 0 Å². The molecule has 3 heterocycles. The van der Waals surface area contributed by atoms with Gasteiger partial charge < -0.3 is 39.0 Å². The molecule has 208 valence electrons. The van der Waals surface area contributed by atoms with Gasteiger partial charge >= 0.3 is 5.97 Å². The minimum absolute atomic E-state index is 0.0968. The van der Waals surface area contributed by atoms with Crippen molar-refractivity contribution in [2.24, 2.45) is 11.3 Å². The number of hydrogen-bond acceptors (Lipinski definition) is 9. The van der Waals surface area contributed by atoms with Crippen LogP contribution in [0.1, 0.15) is 39.7 Å². The normalized spacial score (nSPS) is 23.1. The van der Waals surface area contributed by atoms with E-state index in [1.165, 1.54) is 4.90 Å². The molecule has 2 fully saturated rings. The maximum atomic E-state index is 13.1. The number of nitrogens with zero attached hydrogens (tertiary/aromatic N) is 2. The first kappa shape index (κ1) is 28.0. The van der Waals surface area contributed by atoms with E-state index in [-0.39, 0.29) is 30.2 Å². The van der Waals surface area contributed by atoms with Crippen molar-refractivity contribution >= 4 is 23.4 Å². The molecule has 0 aliphatic carbocycles. The quantitative estimate of drug-likeness (QED) is 0.273. The third-order valence-electron chi connectivity index (χ3n) is 7.01. The van der Waals surface area contributed by atoms with Crippen LogP contribution in [0.25, 0.3) is 5.57 Å². The van der Waals surface area contributed by atoms with E-state index in [9.17, 15) is 24.6 Å². The first-order chi connectivity index (χ1) is 18.0. The van der Waals surface area contributed by atoms with Crippen LogP contribution in [0.3, 0.4) is 0 Å². The Labute approximate surface area is 221 Å². The van der Waals surface area contributed by atoms with Gasteiger partial charge in [-0.25, -0.2) is 4.79 Å². The van der Waals surface area contributed by atoms with Gasteiger partial charge in [0.25, 0.3) is 5.91 Å². The average Bonchev–Trinajstić information content (AvgIpc) is 3.22. The Kier molecular flexibility index (Phi) is 8.41. The molecule has 4 rings (SSSR count). The molecular weight excluding hydrogens is 496 g/mol. The highest BCUT2D eigenvalue weighted by molar-refractivity contribution is 6.06. The molecule has 0 saturated carbocycles. The molecule has 0 aromatic heterocycles. The highest BCUT2D eigenvalue weighted by atomic mass is 16.7. The Morgan fingerprint density at radius 3 is 2.39 bits per heavy atom. The monoisotopic (exact) mass is 532 g/mol. The number of aliphatic hydroxyl groups is 2. The predicted molar refractivity (Wildman–Crippen MR) is 134 cm³/mol. The molecule has 0 spiro atoms. The highest BCUT2D eigenvalue weighted by Crippen LogP contribution is 2.47. The van der Waals surface area contributed by atoms with Crippen molar-refractivity contribution in [3.8, 4) is 5.75 Å². The van der Waals surface area contributed by atoms with Crippen LogP contribution in [0.2, 0.25) is 0 Å². The van der Waals surface area contributed by atoms with Crippen LogP contribution in [0.4, 0.5) is 0 Å². The summed E-state index contributed by atoms with van der Waals surface area (Å²) >= 11 is 0. The number of esters is 1. The number of amides is 2. The van der Waals surface area contributed by atoms with E-state index in [1.54, 1.807) is 56.9 Å². The van der Waals surface area contributed by atoms with Crippen molar-refractivity contribution < 1.29 is 43.5 Å². The molecule has 3 aliphatic heterocycles. The second kappa shape index (κ2) is 11.4. The molecule has 3 aliphatic rings. The van der Waals surface area contributed by atoms with Gasteiger partial charge in [0.1, 0.15) is 11.4 Å². The Morgan fingerprint density at radius 2 is 1.79 bits per heavy atom. The van der Waals surface area contributed by atoms with E-state index in [0.717, 1.165) is 0 Å². The summed E-state index contributed by atoms with van der Waals surface area (Å²) in [5, 5.41) is 20.2. The summed E-state index contributed by atoms with van der Waals surface area (Å²) in [5.41, 5.74) is 0.820. The van der Waals surface area contributed by atoms with Crippen LogP contribution in [0, 0.1) is 11.3 Å². The second-order valence-corrected chi connectivity index (χ2v) is 10.8. The van der Waals surface area contributed by atoms with Crippen molar-refractivity contribution in [2.75, 3.05) is 39.7 Å². The van der Waals surface area contributed by atoms with Gasteiger partial charge in [0.2, 0.25) is 5.91 Å². The summed E-state index contributed by atoms with van der Waals surface area (Å²) in [7, 11) is 0. The number of rotatable bonds is 9. The molecule has 11 heteroatoms. The van der Waals surface area contributed by atoms with E-state index < -0.39 is 36.5 Å². The maximum Gasteiger partial charge on any atom is 0.357 e. The summed E-state index contributed by atoms with van der Waals surface area (Å²) in [5.74, 6) is -1.33. The Bertz CT molecular complexity index is 1070. The smallest absolute Gasteiger partial charge is 0.357 e. The number of β-lactam (4-membered cyclic amide) rings is 1. The summed E-state index contributed by atoms with van der Waals surface area (Å²) < 4.78 is 21.4. The number of carbonyl (C=O) groups excluding carboxylic acids is 3. The van der Waals surface area contributed by atoms with Gasteiger partial charge in [-0.3, -0.25) is 9.59 Å². The largest absolute Gasteiger partial charge is 0.484 e. The molecule has 0 radical (unpaired) electrons. The fourth-order valence-electron chi connectivity index (χ4n) is 4.79. The third kappa shape index (κ3) is 5.85. The molecule has 38 heavy (non-hydrogen) atoms. The summed E-state index contributed by atoms with van der Waals surface area (Å²) in [4.78, 5) is 41.3.